The highest BCUT2D eigenvalue weighted by Gasteiger charge is 2.14. The topological polar surface area (TPSA) is 84.7 Å². The number of anilines is 1. The minimum atomic E-state index is -0.229. The summed E-state index contributed by atoms with van der Waals surface area (Å²) in [5, 5.41) is 23.1. The van der Waals surface area contributed by atoms with Gasteiger partial charge in [-0.1, -0.05) is 29.8 Å². The van der Waals surface area contributed by atoms with Gasteiger partial charge in [-0.2, -0.15) is 5.26 Å². The molecular formula is C17H15ClN4O. The minimum Gasteiger partial charge on any atom is -0.394 e. The molecular weight excluding hydrogens is 312 g/mol. The molecule has 0 aliphatic carbocycles. The summed E-state index contributed by atoms with van der Waals surface area (Å²) in [5.41, 5.74) is 2.57. The molecule has 0 unspecified atom stereocenters. The summed E-state index contributed by atoms with van der Waals surface area (Å²) in [7, 11) is 0. The first-order chi connectivity index (χ1) is 11.2. The fourth-order valence-corrected chi connectivity index (χ4v) is 2.75. The van der Waals surface area contributed by atoms with Crippen molar-refractivity contribution in [3.05, 3.63) is 58.9 Å². The maximum absolute atomic E-state index is 9.65. The molecule has 0 saturated carbocycles. The van der Waals surface area contributed by atoms with Gasteiger partial charge in [0.25, 0.3) is 0 Å². The lowest BCUT2D eigenvalue weighted by atomic mass is 10.1. The number of nitriles is 1. The Hall–Kier alpha value is -2.55. The number of rotatable bonds is 5. The van der Waals surface area contributed by atoms with E-state index >= 15 is 0 Å². The van der Waals surface area contributed by atoms with E-state index in [0.29, 0.717) is 22.8 Å². The first kappa shape index (κ1) is 15.3. The van der Waals surface area contributed by atoms with E-state index in [4.69, 9.17) is 16.9 Å². The van der Waals surface area contributed by atoms with Crippen molar-refractivity contribution in [2.75, 3.05) is 11.9 Å². The number of pyridine rings is 1. The summed E-state index contributed by atoms with van der Waals surface area (Å²) in [6.07, 6.45) is 4.02. The molecule has 6 heteroatoms. The molecule has 0 spiro atoms. The fraction of sp³-hybridized carbons (Fsp3) is 0.176. The first-order valence-electron chi connectivity index (χ1n) is 7.19. The Morgan fingerprint density at radius 1 is 1.39 bits per heavy atom. The summed E-state index contributed by atoms with van der Waals surface area (Å²) >= 11 is 6.12. The standard InChI is InChI=1S/C17H15ClN4O/c18-15-5-11(7-19)8-21-17(15)22-13(10-23)6-12-9-20-16-4-2-1-3-14(12)16/h1-5,8-9,13,20,23H,6,10H2,(H,21,22)/t13-/m0/s1. The second kappa shape index (κ2) is 6.69. The third-order valence-corrected chi connectivity index (χ3v) is 3.96. The molecule has 0 aliphatic heterocycles. The molecule has 116 valence electrons. The summed E-state index contributed by atoms with van der Waals surface area (Å²) < 4.78 is 0. The number of para-hydroxylation sites is 1. The lowest BCUT2D eigenvalue weighted by Crippen LogP contribution is -2.27. The van der Waals surface area contributed by atoms with Crippen LogP contribution in [0.5, 0.6) is 0 Å². The zero-order valence-corrected chi connectivity index (χ0v) is 13.0. The van der Waals surface area contributed by atoms with Crippen LogP contribution in [0.3, 0.4) is 0 Å². The Morgan fingerprint density at radius 3 is 2.96 bits per heavy atom. The summed E-state index contributed by atoms with van der Waals surface area (Å²) in [4.78, 5) is 7.36. The number of hydrogen-bond acceptors (Lipinski definition) is 4. The van der Waals surface area contributed by atoms with Crippen molar-refractivity contribution in [3.63, 3.8) is 0 Å². The molecule has 23 heavy (non-hydrogen) atoms. The summed E-state index contributed by atoms with van der Waals surface area (Å²) in [5.74, 6) is 0.463. The van der Waals surface area contributed by atoms with Crippen molar-refractivity contribution in [1.29, 1.82) is 5.26 Å². The van der Waals surface area contributed by atoms with Crippen LogP contribution in [0.4, 0.5) is 5.82 Å². The van der Waals surface area contributed by atoms with Gasteiger partial charge in [-0.15, -0.1) is 0 Å². The SMILES string of the molecule is N#Cc1cnc(N[C@H](CO)Cc2c[nH]c3ccccc23)c(Cl)c1. The Morgan fingerprint density at radius 2 is 2.22 bits per heavy atom. The number of aromatic nitrogens is 2. The Bertz CT molecular complexity index is 868. The number of fused-ring (bicyclic) bond motifs is 1. The Balaban J connectivity index is 1.79. The first-order valence-corrected chi connectivity index (χ1v) is 7.57. The van der Waals surface area contributed by atoms with Crippen molar-refractivity contribution >= 4 is 28.3 Å². The van der Waals surface area contributed by atoms with E-state index in [1.807, 2.05) is 36.5 Å². The van der Waals surface area contributed by atoms with Crippen LogP contribution < -0.4 is 5.32 Å². The maximum atomic E-state index is 9.65. The fourth-order valence-electron chi connectivity index (χ4n) is 2.53. The number of nitrogens with one attached hydrogen (secondary N) is 2. The Labute approximate surface area is 138 Å². The van der Waals surface area contributed by atoms with Crippen molar-refractivity contribution < 1.29 is 5.11 Å². The summed E-state index contributed by atoms with van der Waals surface area (Å²) in [6.45, 7) is -0.0580. The quantitative estimate of drug-likeness (QED) is 0.672. The largest absolute Gasteiger partial charge is 0.394 e. The molecule has 5 nitrogen and oxygen atoms in total. The van der Waals surface area contributed by atoms with Gasteiger partial charge in [0.15, 0.2) is 0 Å². The van der Waals surface area contributed by atoms with E-state index < -0.39 is 0 Å². The number of aliphatic hydroxyl groups excluding tert-OH is 1. The van der Waals surface area contributed by atoms with Crippen LogP contribution in [0.25, 0.3) is 10.9 Å². The van der Waals surface area contributed by atoms with Crippen molar-refractivity contribution in [3.8, 4) is 6.07 Å². The number of aromatic amines is 1. The van der Waals surface area contributed by atoms with Crippen molar-refractivity contribution in [2.24, 2.45) is 0 Å². The number of H-pyrrole nitrogens is 1. The molecule has 1 aromatic carbocycles. The number of hydrogen-bond donors (Lipinski definition) is 3. The van der Waals surface area contributed by atoms with E-state index in [9.17, 15) is 5.11 Å². The number of nitrogens with zero attached hydrogens (tertiary/aromatic N) is 2. The smallest absolute Gasteiger partial charge is 0.145 e. The van der Waals surface area contributed by atoms with E-state index in [1.165, 1.54) is 6.20 Å². The molecule has 3 rings (SSSR count). The second-order valence-corrected chi connectivity index (χ2v) is 5.66. The van der Waals surface area contributed by atoms with Crippen LogP contribution in [-0.2, 0) is 6.42 Å². The third kappa shape index (κ3) is 3.29. The zero-order valence-electron chi connectivity index (χ0n) is 12.3. The molecule has 2 heterocycles. The molecule has 0 saturated heterocycles. The van der Waals surface area contributed by atoms with Crippen LogP contribution in [0.2, 0.25) is 5.02 Å². The van der Waals surface area contributed by atoms with Crippen LogP contribution in [0, 0.1) is 11.3 Å². The highest BCUT2D eigenvalue weighted by atomic mass is 35.5. The average Bonchev–Trinajstić information content (AvgIpc) is 2.99. The predicted octanol–water partition coefficient (Wildman–Crippen LogP) is 3.10. The molecule has 0 bridgehead atoms. The lowest BCUT2D eigenvalue weighted by molar-refractivity contribution is 0.273. The third-order valence-electron chi connectivity index (χ3n) is 3.67. The van der Waals surface area contributed by atoms with Gasteiger partial charge in [-0.3, -0.25) is 0 Å². The van der Waals surface area contributed by atoms with Crippen LogP contribution >= 0.6 is 11.6 Å². The van der Waals surface area contributed by atoms with Crippen LogP contribution in [0.15, 0.2) is 42.7 Å². The van der Waals surface area contributed by atoms with Gasteiger partial charge < -0.3 is 15.4 Å². The molecule has 3 aromatic rings. The summed E-state index contributed by atoms with van der Waals surface area (Å²) in [6, 6.07) is 11.3. The van der Waals surface area contributed by atoms with E-state index in [-0.39, 0.29) is 12.6 Å². The molecule has 2 aromatic heterocycles. The maximum Gasteiger partial charge on any atom is 0.145 e. The molecule has 0 radical (unpaired) electrons. The van der Waals surface area contributed by atoms with Gasteiger partial charge in [0, 0.05) is 23.3 Å². The minimum absolute atomic E-state index is 0.0580. The molecule has 0 fully saturated rings. The lowest BCUT2D eigenvalue weighted by Gasteiger charge is -2.17. The van der Waals surface area contributed by atoms with Gasteiger partial charge in [-0.05, 0) is 24.1 Å². The number of halogens is 1. The van der Waals surface area contributed by atoms with Gasteiger partial charge in [0.05, 0.1) is 23.2 Å². The molecule has 3 N–H and O–H groups in total. The highest BCUT2D eigenvalue weighted by molar-refractivity contribution is 6.33. The highest BCUT2D eigenvalue weighted by Crippen LogP contribution is 2.23. The van der Waals surface area contributed by atoms with E-state index in [1.54, 1.807) is 6.07 Å². The van der Waals surface area contributed by atoms with Crippen molar-refractivity contribution in [1.82, 2.24) is 9.97 Å². The Kier molecular flexibility index (Phi) is 4.47. The van der Waals surface area contributed by atoms with Crippen molar-refractivity contribution in [2.45, 2.75) is 12.5 Å². The predicted molar refractivity (Wildman–Crippen MR) is 90.5 cm³/mol. The zero-order chi connectivity index (χ0) is 16.2. The van der Waals surface area contributed by atoms with E-state index in [2.05, 4.69) is 15.3 Å². The monoisotopic (exact) mass is 326 g/mol. The normalized spacial score (nSPS) is 12.0. The van der Waals surface area contributed by atoms with Gasteiger partial charge in [0.2, 0.25) is 0 Å². The second-order valence-electron chi connectivity index (χ2n) is 5.25. The van der Waals surface area contributed by atoms with Gasteiger partial charge >= 0.3 is 0 Å². The average molecular weight is 327 g/mol. The number of benzene rings is 1. The van der Waals surface area contributed by atoms with Gasteiger partial charge in [0.1, 0.15) is 11.9 Å². The van der Waals surface area contributed by atoms with E-state index in [0.717, 1.165) is 16.5 Å². The molecule has 0 amide bonds. The number of aliphatic hydroxyl groups is 1. The molecule has 0 aliphatic rings. The van der Waals surface area contributed by atoms with Crippen LogP contribution in [0.1, 0.15) is 11.1 Å². The van der Waals surface area contributed by atoms with Gasteiger partial charge in [-0.25, -0.2) is 4.98 Å². The molecule has 1 atom stereocenters. The van der Waals surface area contributed by atoms with Crippen LogP contribution in [-0.4, -0.2) is 27.7 Å².